The summed E-state index contributed by atoms with van der Waals surface area (Å²) in [6.45, 7) is 3.82. The number of ether oxygens (including phenoxy) is 1. The van der Waals surface area contributed by atoms with E-state index in [-0.39, 0.29) is 36.9 Å². The molecule has 0 aliphatic carbocycles. The third kappa shape index (κ3) is 7.79. The molecule has 0 saturated carbocycles. The van der Waals surface area contributed by atoms with E-state index in [4.69, 9.17) is 10.5 Å². The first kappa shape index (κ1) is 29.5. The maximum Gasteiger partial charge on any atom is 0.407 e. The van der Waals surface area contributed by atoms with Crippen molar-refractivity contribution < 1.29 is 23.1 Å². The van der Waals surface area contributed by atoms with Gasteiger partial charge in [0, 0.05) is 13.1 Å². The average molecular weight is 583 g/mol. The molecule has 1 amide bonds. The molecule has 0 fully saturated rings. The predicted molar refractivity (Wildman–Crippen MR) is 157 cm³/mol. The van der Waals surface area contributed by atoms with Crippen LogP contribution in [-0.2, 0) is 27.8 Å². The van der Waals surface area contributed by atoms with Crippen molar-refractivity contribution >= 4 is 42.8 Å². The summed E-state index contributed by atoms with van der Waals surface area (Å²) in [5.41, 5.74) is 8.00. The number of alkyl carbamates (subject to hydrolysis) is 1. The highest BCUT2D eigenvalue weighted by atomic mass is 32.2. The Balaban J connectivity index is 1.55. The van der Waals surface area contributed by atoms with Gasteiger partial charge in [0.25, 0.3) is 0 Å². The van der Waals surface area contributed by atoms with Crippen LogP contribution in [0.15, 0.2) is 83.8 Å². The number of nitrogens with two attached hydrogens (primary N) is 1. The van der Waals surface area contributed by atoms with E-state index in [1.807, 2.05) is 74.5 Å². The normalized spacial score (nSPS) is 13.4. The van der Waals surface area contributed by atoms with Crippen LogP contribution in [0, 0.1) is 5.92 Å². The fourth-order valence-corrected chi connectivity index (χ4v) is 6.67. The highest BCUT2D eigenvalue weighted by Crippen LogP contribution is 2.28. The Morgan fingerprint density at radius 2 is 1.68 bits per heavy atom. The average Bonchev–Trinajstić information content (AvgIpc) is 3.31. The Morgan fingerprint density at radius 3 is 2.33 bits per heavy atom. The first-order chi connectivity index (χ1) is 19.1. The number of benzene rings is 3. The molecular weight excluding hydrogens is 548 g/mol. The summed E-state index contributed by atoms with van der Waals surface area (Å²) in [7, 11) is -4.00. The van der Waals surface area contributed by atoms with E-state index in [9.17, 15) is 18.3 Å². The van der Waals surface area contributed by atoms with Crippen molar-refractivity contribution in [3.63, 3.8) is 0 Å². The molecule has 4 rings (SSSR count). The van der Waals surface area contributed by atoms with Gasteiger partial charge in [-0.2, -0.15) is 4.31 Å². The lowest BCUT2D eigenvalue weighted by molar-refractivity contribution is 0.0873. The van der Waals surface area contributed by atoms with E-state index < -0.39 is 28.3 Å². The maximum atomic E-state index is 13.8. The van der Waals surface area contributed by atoms with E-state index in [2.05, 4.69) is 10.3 Å². The van der Waals surface area contributed by atoms with Crippen molar-refractivity contribution in [2.24, 2.45) is 5.92 Å². The van der Waals surface area contributed by atoms with Crippen LogP contribution in [0.25, 0.3) is 10.2 Å². The fourth-order valence-electron chi connectivity index (χ4n) is 4.32. The molecular formula is C29H34N4O5S2. The van der Waals surface area contributed by atoms with E-state index in [1.54, 1.807) is 6.07 Å². The second kappa shape index (κ2) is 13.2. The van der Waals surface area contributed by atoms with Crippen molar-refractivity contribution in [3.8, 4) is 0 Å². The van der Waals surface area contributed by atoms with E-state index in [1.165, 1.54) is 27.8 Å². The monoisotopic (exact) mass is 582 g/mol. The summed E-state index contributed by atoms with van der Waals surface area (Å²) in [5, 5.41) is 14.5. The van der Waals surface area contributed by atoms with Gasteiger partial charge < -0.3 is 20.9 Å². The number of hydrogen-bond acceptors (Lipinski definition) is 8. The Bertz CT molecular complexity index is 1510. The molecule has 212 valence electrons. The minimum atomic E-state index is -4.00. The number of sulfonamides is 1. The van der Waals surface area contributed by atoms with E-state index in [0.717, 1.165) is 15.8 Å². The van der Waals surface area contributed by atoms with Crippen LogP contribution in [0.4, 0.5) is 9.93 Å². The molecule has 0 radical (unpaired) electrons. The van der Waals surface area contributed by atoms with Crippen LogP contribution in [0.2, 0.25) is 0 Å². The largest absolute Gasteiger partial charge is 0.445 e. The second-order valence-electron chi connectivity index (χ2n) is 9.97. The summed E-state index contributed by atoms with van der Waals surface area (Å²) >= 11 is 1.28. The van der Waals surface area contributed by atoms with E-state index >= 15 is 0 Å². The summed E-state index contributed by atoms with van der Waals surface area (Å²) in [6, 6.07) is 22.5. The number of fused-ring (bicyclic) bond motifs is 1. The minimum Gasteiger partial charge on any atom is -0.445 e. The van der Waals surface area contributed by atoms with Gasteiger partial charge in [0.15, 0.2) is 5.13 Å². The third-order valence-corrected chi connectivity index (χ3v) is 8.94. The quantitative estimate of drug-likeness (QED) is 0.225. The molecule has 0 spiro atoms. The van der Waals surface area contributed by atoms with Crippen molar-refractivity contribution in [3.05, 3.63) is 90.0 Å². The molecule has 1 unspecified atom stereocenters. The van der Waals surface area contributed by atoms with Gasteiger partial charge in [0.2, 0.25) is 10.0 Å². The van der Waals surface area contributed by atoms with E-state index in [0.29, 0.717) is 10.6 Å². The second-order valence-corrected chi connectivity index (χ2v) is 13.0. The van der Waals surface area contributed by atoms with Crippen molar-refractivity contribution in [1.29, 1.82) is 0 Å². The van der Waals surface area contributed by atoms with Gasteiger partial charge in [-0.1, -0.05) is 85.8 Å². The lowest BCUT2D eigenvalue weighted by Crippen LogP contribution is -2.51. The number of thiazole rings is 1. The van der Waals surface area contributed by atoms with Gasteiger partial charge in [0.05, 0.1) is 27.3 Å². The zero-order valence-electron chi connectivity index (χ0n) is 22.4. The number of aromatic nitrogens is 1. The van der Waals surface area contributed by atoms with Gasteiger partial charge in [-0.25, -0.2) is 18.2 Å². The number of nitrogen functional groups attached to an aromatic ring is 1. The molecule has 0 aliphatic heterocycles. The number of carbonyl (C=O) groups is 1. The molecule has 0 bridgehead atoms. The first-order valence-electron chi connectivity index (χ1n) is 13.0. The van der Waals surface area contributed by atoms with Crippen LogP contribution < -0.4 is 11.1 Å². The number of aliphatic hydroxyl groups is 1. The number of rotatable bonds is 12. The zero-order valence-corrected chi connectivity index (χ0v) is 24.1. The van der Waals surface area contributed by atoms with Gasteiger partial charge in [-0.05, 0) is 41.7 Å². The SMILES string of the molecule is CC(C)CN(C[C@@H](O)C(Cc1ccccc1)NC(=O)OCc1ccccc1)S(=O)(=O)c1ccc2sc(N)nc2c1. The number of carbonyl (C=O) groups excluding carboxylic acids is 1. The molecule has 3 aromatic carbocycles. The molecule has 40 heavy (non-hydrogen) atoms. The van der Waals surface area contributed by atoms with Gasteiger partial charge in [-0.3, -0.25) is 0 Å². The molecule has 1 heterocycles. The number of aliphatic hydroxyl groups excluding tert-OH is 1. The number of nitrogens with one attached hydrogen (secondary N) is 1. The third-order valence-electron chi connectivity index (χ3n) is 6.25. The van der Waals surface area contributed by atoms with Gasteiger partial charge in [0.1, 0.15) is 6.61 Å². The molecule has 9 nitrogen and oxygen atoms in total. The topological polar surface area (TPSA) is 135 Å². The first-order valence-corrected chi connectivity index (χ1v) is 15.2. The number of nitrogens with zero attached hydrogens (tertiary/aromatic N) is 2. The lowest BCUT2D eigenvalue weighted by atomic mass is 10.0. The van der Waals surface area contributed by atoms with Crippen LogP contribution >= 0.6 is 11.3 Å². The summed E-state index contributed by atoms with van der Waals surface area (Å²) in [6.07, 6.45) is -1.65. The van der Waals surface area contributed by atoms with Crippen LogP contribution in [0.5, 0.6) is 0 Å². The smallest absolute Gasteiger partial charge is 0.407 e. The number of anilines is 1. The maximum absolute atomic E-state index is 13.8. The molecule has 4 N–H and O–H groups in total. The minimum absolute atomic E-state index is 0.0167. The number of amides is 1. The molecule has 4 aromatic rings. The molecule has 0 aliphatic rings. The zero-order chi connectivity index (χ0) is 28.7. The Kier molecular flexibility index (Phi) is 9.75. The summed E-state index contributed by atoms with van der Waals surface area (Å²) in [4.78, 5) is 17.0. The Hall–Kier alpha value is -3.51. The van der Waals surface area contributed by atoms with Crippen LogP contribution in [0.1, 0.15) is 25.0 Å². The Morgan fingerprint density at radius 1 is 1.02 bits per heavy atom. The van der Waals surface area contributed by atoms with Crippen molar-refractivity contribution in [2.75, 3.05) is 18.8 Å². The van der Waals surface area contributed by atoms with Crippen LogP contribution in [-0.4, -0.2) is 54.1 Å². The van der Waals surface area contributed by atoms with Crippen molar-refractivity contribution in [1.82, 2.24) is 14.6 Å². The van der Waals surface area contributed by atoms with Gasteiger partial charge >= 0.3 is 6.09 Å². The van der Waals surface area contributed by atoms with Crippen molar-refractivity contribution in [2.45, 2.75) is 43.9 Å². The lowest BCUT2D eigenvalue weighted by Gasteiger charge is -2.30. The molecule has 11 heteroatoms. The highest BCUT2D eigenvalue weighted by Gasteiger charge is 2.32. The van der Waals surface area contributed by atoms with Crippen LogP contribution in [0.3, 0.4) is 0 Å². The van der Waals surface area contributed by atoms with Gasteiger partial charge in [-0.15, -0.1) is 0 Å². The molecule has 2 atom stereocenters. The fraction of sp³-hybridized carbons (Fsp3) is 0.310. The molecule has 1 aromatic heterocycles. The molecule has 0 saturated heterocycles. The number of hydrogen-bond donors (Lipinski definition) is 3. The Labute approximate surface area is 238 Å². The summed E-state index contributed by atoms with van der Waals surface area (Å²) < 4.78 is 35.0. The predicted octanol–water partition coefficient (Wildman–Crippen LogP) is 4.42. The summed E-state index contributed by atoms with van der Waals surface area (Å²) in [5.74, 6) is -0.0167. The standard InChI is InChI=1S/C29H34N4O5S2/c1-20(2)17-33(40(36,37)23-13-14-27-25(16-23)31-28(30)39-27)18-26(34)24(15-21-9-5-3-6-10-21)32-29(35)38-19-22-11-7-4-8-12-22/h3-14,16,20,24,26,34H,15,17-19H2,1-2H3,(H2,30,31)(H,32,35)/t24?,26-/m1/s1. The highest BCUT2D eigenvalue weighted by molar-refractivity contribution is 7.89.